The quantitative estimate of drug-likeness (QED) is 0.611. The maximum absolute atomic E-state index is 11.8. The van der Waals surface area contributed by atoms with E-state index in [1.165, 1.54) is 16.8 Å². The van der Waals surface area contributed by atoms with Crippen molar-refractivity contribution in [1.82, 2.24) is 15.1 Å². The number of nitrogens with one attached hydrogen (secondary N) is 1. The van der Waals surface area contributed by atoms with Crippen LogP contribution in [0.3, 0.4) is 0 Å². The molecule has 0 aliphatic rings. The minimum Gasteiger partial charge on any atom is -0.350 e. The summed E-state index contributed by atoms with van der Waals surface area (Å²) >= 11 is 0. The van der Waals surface area contributed by atoms with Crippen LogP contribution in [0.5, 0.6) is 0 Å². The molecule has 0 unspecified atom stereocenters. The highest BCUT2D eigenvalue weighted by molar-refractivity contribution is 5.91. The molecule has 98 valence electrons. The highest BCUT2D eigenvalue weighted by Crippen LogP contribution is 1.92. The van der Waals surface area contributed by atoms with Crippen LogP contribution in [0.15, 0.2) is 29.1 Å². The van der Waals surface area contributed by atoms with Crippen LogP contribution in [0, 0.1) is 0 Å². The fourth-order valence-electron chi connectivity index (χ4n) is 1.47. The second-order valence-electron chi connectivity index (χ2n) is 3.89. The highest BCUT2D eigenvalue weighted by atomic mass is 16.2. The molecule has 1 aromatic heterocycles. The first-order valence-electron chi connectivity index (χ1n) is 6.16. The molecule has 1 amide bonds. The van der Waals surface area contributed by atoms with E-state index < -0.39 is 0 Å². The second kappa shape index (κ2) is 7.42. The molecule has 5 heteroatoms. The van der Waals surface area contributed by atoms with E-state index in [0.29, 0.717) is 13.1 Å². The Labute approximate surface area is 107 Å². The fraction of sp³-hybridized carbons (Fsp3) is 0.462. The summed E-state index contributed by atoms with van der Waals surface area (Å²) in [6.07, 6.45) is 5.51. The number of carbonyl (C=O) groups is 1. The minimum atomic E-state index is -0.246. The van der Waals surface area contributed by atoms with E-state index in [-0.39, 0.29) is 17.2 Å². The SMILES string of the molecule is C/C=C/CCNC(=O)c1ccc(=O)n(CCC)n1. The van der Waals surface area contributed by atoms with Crippen molar-refractivity contribution in [1.29, 1.82) is 0 Å². The zero-order valence-electron chi connectivity index (χ0n) is 10.8. The molecule has 0 fully saturated rings. The Morgan fingerprint density at radius 1 is 1.50 bits per heavy atom. The summed E-state index contributed by atoms with van der Waals surface area (Å²) in [7, 11) is 0. The van der Waals surface area contributed by atoms with Crippen LogP contribution in [0.2, 0.25) is 0 Å². The van der Waals surface area contributed by atoms with Crippen molar-refractivity contribution in [3.8, 4) is 0 Å². The van der Waals surface area contributed by atoms with Crippen molar-refractivity contribution in [2.75, 3.05) is 6.54 Å². The van der Waals surface area contributed by atoms with Gasteiger partial charge in [0.15, 0.2) is 0 Å². The van der Waals surface area contributed by atoms with Gasteiger partial charge in [-0.1, -0.05) is 19.1 Å². The number of hydrogen-bond donors (Lipinski definition) is 1. The molecule has 1 N–H and O–H groups in total. The molecule has 1 heterocycles. The van der Waals surface area contributed by atoms with Crippen LogP contribution < -0.4 is 10.9 Å². The first-order chi connectivity index (χ1) is 8.69. The maximum Gasteiger partial charge on any atom is 0.271 e. The molecule has 0 aromatic carbocycles. The van der Waals surface area contributed by atoms with Gasteiger partial charge in [0.05, 0.1) is 0 Å². The lowest BCUT2D eigenvalue weighted by molar-refractivity contribution is 0.0946. The van der Waals surface area contributed by atoms with Gasteiger partial charge in [0.25, 0.3) is 11.5 Å². The second-order valence-corrected chi connectivity index (χ2v) is 3.89. The fourth-order valence-corrected chi connectivity index (χ4v) is 1.47. The Kier molecular flexibility index (Phi) is 5.84. The Balaban J connectivity index is 2.68. The highest BCUT2D eigenvalue weighted by Gasteiger charge is 2.08. The van der Waals surface area contributed by atoms with Gasteiger partial charge >= 0.3 is 0 Å². The number of allylic oxidation sites excluding steroid dienone is 1. The number of aromatic nitrogens is 2. The molecular weight excluding hydrogens is 230 g/mol. The summed E-state index contributed by atoms with van der Waals surface area (Å²) in [4.78, 5) is 23.2. The molecule has 18 heavy (non-hydrogen) atoms. The molecular formula is C13H19N3O2. The smallest absolute Gasteiger partial charge is 0.271 e. The molecule has 0 saturated heterocycles. The largest absolute Gasteiger partial charge is 0.350 e. The zero-order chi connectivity index (χ0) is 13.4. The van der Waals surface area contributed by atoms with Gasteiger partial charge < -0.3 is 5.32 Å². The summed E-state index contributed by atoms with van der Waals surface area (Å²) in [5, 5.41) is 6.79. The molecule has 1 rings (SSSR count). The van der Waals surface area contributed by atoms with Gasteiger partial charge in [0.2, 0.25) is 0 Å². The third-order valence-electron chi connectivity index (χ3n) is 2.37. The number of amides is 1. The van der Waals surface area contributed by atoms with Gasteiger partial charge in [-0.15, -0.1) is 0 Å². The van der Waals surface area contributed by atoms with E-state index in [1.54, 1.807) is 0 Å². The Morgan fingerprint density at radius 3 is 2.94 bits per heavy atom. The van der Waals surface area contributed by atoms with Crippen molar-refractivity contribution in [2.24, 2.45) is 0 Å². The lowest BCUT2D eigenvalue weighted by atomic mass is 10.3. The predicted molar refractivity (Wildman–Crippen MR) is 70.6 cm³/mol. The number of hydrogen-bond acceptors (Lipinski definition) is 3. The van der Waals surface area contributed by atoms with E-state index >= 15 is 0 Å². The van der Waals surface area contributed by atoms with Crippen molar-refractivity contribution in [2.45, 2.75) is 33.2 Å². The van der Waals surface area contributed by atoms with Crippen molar-refractivity contribution in [3.05, 3.63) is 40.3 Å². The van der Waals surface area contributed by atoms with Crippen LogP contribution in [-0.2, 0) is 6.54 Å². The van der Waals surface area contributed by atoms with Crippen LogP contribution in [0.25, 0.3) is 0 Å². The van der Waals surface area contributed by atoms with Gasteiger partial charge in [0.1, 0.15) is 5.69 Å². The summed E-state index contributed by atoms with van der Waals surface area (Å²) in [5.41, 5.74) is 0.103. The summed E-state index contributed by atoms with van der Waals surface area (Å²) < 4.78 is 1.32. The predicted octanol–water partition coefficient (Wildman–Crippen LogP) is 1.35. The summed E-state index contributed by atoms with van der Waals surface area (Å²) in [5.74, 6) is -0.246. The molecule has 0 aliphatic heterocycles. The molecule has 1 aromatic rings. The number of nitrogens with zero attached hydrogens (tertiary/aromatic N) is 2. The molecule has 0 aliphatic carbocycles. The average molecular weight is 249 g/mol. The van der Waals surface area contributed by atoms with Crippen LogP contribution in [-0.4, -0.2) is 22.2 Å². The first kappa shape index (κ1) is 14.2. The van der Waals surface area contributed by atoms with Gasteiger partial charge in [-0.25, -0.2) is 4.68 Å². The number of rotatable bonds is 6. The minimum absolute atomic E-state index is 0.178. The monoisotopic (exact) mass is 249 g/mol. The van der Waals surface area contributed by atoms with Crippen molar-refractivity contribution < 1.29 is 4.79 Å². The van der Waals surface area contributed by atoms with E-state index in [0.717, 1.165) is 12.8 Å². The Bertz CT molecular complexity index is 477. The third-order valence-corrected chi connectivity index (χ3v) is 2.37. The first-order valence-corrected chi connectivity index (χ1v) is 6.16. The van der Waals surface area contributed by atoms with Gasteiger partial charge in [-0.3, -0.25) is 9.59 Å². The Morgan fingerprint density at radius 2 is 2.28 bits per heavy atom. The van der Waals surface area contributed by atoms with Gasteiger partial charge in [-0.05, 0) is 25.8 Å². The van der Waals surface area contributed by atoms with E-state index in [1.807, 2.05) is 26.0 Å². The molecule has 0 saturated carbocycles. The Hall–Kier alpha value is -1.91. The van der Waals surface area contributed by atoms with Crippen molar-refractivity contribution >= 4 is 5.91 Å². The van der Waals surface area contributed by atoms with Crippen LogP contribution in [0.4, 0.5) is 0 Å². The van der Waals surface area contributed by atoms with E-state index in [9.17, 15) is 9.59 Å². The lowest BCUT2D eigenvalue weighted by Gasteiger charge is -2.06. The average Bonchev–Trinajstić information content (AvgIpc) is 2.37. The standard InChI is InChI=1S/C13H19N3O2/c1-3-5-6-9-14-13(18)11-7-8-12(17)16(15-11)10-4-2/h3,5,7-8H,4,6,9-10H2,1-2H3,(H,14,18)/b5-3+. The van der Waals surface area contributed by atoms with Crippen LogP contribution in [0.1, 0.15) is 37.2 Å². The molecule has 5 nitrogen and oxygen atoms in total. The van der Waals surface area contributed by atoms with Gasteiger partial charge in [0, 0.05) is 19.2 Å². The molecule has 0 atom stereocenters. The number of carbonyl (C=O) groups excluding carboxylic acids is 1. The van der Waals surface area contributed by atoms with Crippen LogP contribution >= 0.6 is 0 Å². The third kappa shape index (κ3) is 4.16. The zero-order valence-corrected chi connectivity index (χ0v) is 10.8. The molecule has 0 radical (unpaired) electrons. The number of aryl methyl sites for hydroxylation is 1. The topological polar surface area (TPSA) is 64.0 Å². The lowest BCUT2D eigenvalue weighted by Crippen LogP contribution is -2.30. The van der Waals surface area contributed by atoms with E-state index in [4.69, 9.17) is 0 Å². The van der Waals surface area contributed by atoms with E-state index in [2.05, 4.69) is 10.4 Å². The normalized spacial score (nSPS) is 10.8. The summed E-state index contributed by atoms with van der Waals surface area (Å²) in [6.45, 7) is 4.98. The summed E-state index contributed by atoms with van der Waals surface area (Å²) in [6, 6.07) is 2.84. The van der Waals surface area contributed by atoms with Crippen molar-refractivity contribution in [3.63, 3.8) is 0 Å². The molecule has 0 bridgehead atoms. The maximum atomic E-state index is 11.8. The van der Waals surface area contributed by atoms with Gasteiger partial charge in [-0.2, -0.15) is 5.10 Å². The molecule has 0 spiro atoms.